The van der Waals surface area contributed by atoms with Crippen molar-refractivity contribution >= 4 is 21.2 Å². The molecule has 0 fully saturated rings. The summed E-state index contributed by atoms with van der Waals surface area (Å²) in [4.78, 5) is 0. The first-order chi connectivity index (χ1) is 13.0. The van der Waals surface area contributed by atoms with Crippen LogP contribution in [0.4, 0.5) is 0 Å². The molecular formula is C22H52ClNO3Si. The van der Waals surface area contributed by atoms with E-state index in [4.69, 9.17) is 19.0 Å². The topological polar surface area (TPSA) is 53.7 Å². The zero-order chi connectivity index (χ0) is 20.8. The van der Waals surface area contributed by atoms with E-state index in [2.05, 4.69) is 20.8 Å². The van der Waals surface area contributed by atoms with Crippen molar-refractivity contribution in [2.75, 3.05) is 20.8 Å². The standard InChI is InChI=1S/C19H42O3Si.C3H9N.ClH/c1-6-7-8-9-10-11-12-13-14-15-16-17-18-19(2)22-23(5,20-3)21-4;1-2-3-4;/h19H,6-18H2,1-5H3;2-4H2,1H3;1H. The summed E-state index contributed by atoms with van der Waals surface area (Å²) in [6, 6.07) is 0. The summed E-state index contributed by atoms with van der Waals surface area (Å²) >= 11 is 0. The molecule has 0 amide bonds. The molecule has 0 aliphatic rings. The fourth-order valence-electron chi connectivity index (χ4n) is 2.88. The Labute approximate surface area is 184 Å². The third kappa shape index (κ3) is 24.4. The maximum atomic E-state index is 5.93. The zero-order valence-corrected chi connectivity index (χ0v) is 21.7. The third-order valence-electron chi connectivity index (χ3n) is 4.91. The van der Waals surface area contributed by atoms with Crippen LogP contribution in [0.1, 0.15) is 111 Å². The Morgan fingerprint density at radius 1 is 0.714 bits per heavy atom. The Kier molecular flexibility index (Phi) is 29.9. The van der Waals surface area contributed by atoms with Gasteiger partial charge in [0, 0.05) is 26.9 Å². The predicted molar refractivity (Wildman–Crippen MR) is 128 cm³/mol. The maximum absolute atomic E-state index is 5.93. The van der Waals surface area contributed by atoms with Gasteiger partial charge in [-0.15, -0.1) is 12.4 Å². The molecule has 0 aromatic carbocycles. The highest BCUT2D eigenvalue weighted by molar-refractivity contribution is 6.59. The van der Waals surface area contributed by atoms with Crippen LogP contribution < -0.4 is 5.73 Å². The smallest absolute Gasteiger partial charge is 0.377 e. The van der Waals surface area contributed by atoms with E-state index in [1.807, 2.05) is 6.55 Å². The first kappa shape index (κ1) is 33.0. The summed E-state index contributed by atoms with van der Waals surface area (Å²) in [5.41, 5.74) is 5.03. The molecule has 28 heavy (non-hydrogen) atoms. The minimum Gasteiger partial charge on any atom is -0.377 e. The third-order valence-corrected chi connectivity index (χ3v) is 7.22. The number of rotatable bonds is 18. The van der Waals surface area contributed by atoms with Crippen LogP contribution in [0.2, 0.25) is 6.55 Å². The van der Waals surface area contributed by atoms with Gasteiger partial charge in [0.1, 0.15) is 0 Å². The van der Waals surface area contributed by atoms with Gasteiger partial charge in [0.15, 0.2) is 0 Å². The number of hydrogen-bond acceptors (Lipinski definition) is 4. The van der Waals surface area contributed by atoms with Crippen molar-refractivity contribution in [2.24, 2.45) is 5.73 Å². The van der Waals surface area contributed by atoms with E-state index in [0.29, 0.717) is 0 Å². The predicted octanol–water partition coefficient (Wildman–Crippen LogP) is 7.12. The van der Waals surface area contributed by atoms with Crippen molar-refractivity contribution in [2.45, 2.75) is 123 Å². The van der Waals surface area contributed by atoms with Crippen LogP contribution in [-0.4, -0.2) is 35.7 Å². The van der Waals surface area contributed by atoms with Gasteiger partial charge in [0.2, 0.25) is 0 Å². The molecule has 0 heterocycles. The number of unbranched alkanes of at least 4 members (excludes halogenated alkanes) is 11. The Bertz CT molecular complexity index is 281. The van der Waals surface area contributed by atoms with Crippen LogP contribution in [0.5, 0.6) is 0 Å². The van der Waals surface area contributed by atoms with Gasteiger partial charge in [0.05, 0.1) is 0 Å². The van der Waals surface area contributed by atoms with Gasteiger partial charge < -0.3 is 19.0 Å². The monoisotopic (exact) mass is 441 g/mol. The van der Waals surface area contributed by atoms with Crippen LogP contribution in [0.15, 0.2) is 0 Å². The van der Waals surface area contributed by atoms with Gasteiger partial charge in [-0.05, 0) is 26.3 Å². The summed E-state index contributed by atoms with van der Waals surface area (Å²) in [5.74, 6) is 0. The lowest BCUT2D eigenvalue weighted by atomic mass is 10.0. The molecular weight excluding hydrogens is 390 g/mol. The van der Waals surface area contributed by atoms with Gasteiger partial charge in [-0.2, -0.15) is 0 Å². The number of nitrogens with two attached hydrogens (primary N) is 1. The molecule has 0 bridgehead atoms. The molecule has 0 aliphatic carbocycles. The molecule has 0 radical (unpaired) electrons. The van der Waals surface area contributed by atoms with Crippen molar-refractivity contribution in [3.05, 3.63) is 0 Å². The van der Waals surface area contributed by atoms with Crippen LogP contribution >= 0.6 is 12.4 Å². The summed E-state index contributed by atoms with van der Waals surface area (Å²) in [6.45, 7) is 9.23. The van der Waals surface area contributed by atoms with Gasteiger partial charge in [-0.1, -0.05) is 90.9 Å². The minimum atomic E-state index is -2.36. The summed E-state index contributed by atoms with van der Waals surface area (Å²) in [7, 11) is 0.983. The fraction of sp³-hybridized carbons (Fsp3) is 1.00. The normalized spacial score (nSPS) is 12.1. The van der Waals surface area contributed by atoms with Crippen molar-refractivity contribution in [3.8, 4) is 0 Å². The quantitative estimate of drug-likeness (QED) is 0.181. The molecule has 0 saturated carbocycles. The van der Waals surface area contributed by atoms with Crippen LogP contribution in [0.25, 0.3) is 0 Å². The molecule has 0 aliphatic heterocycles. The highest BCUT2D eigenvalue weighted by Crippen LogP contribution is 2.16. The summed E-state index contributed by atoms with van der Waals surface area (Å²) in [5, 5.41) is 0. The van der Waals surface area contributed by atoms with Crippen LogP contribution in [-0.2, 0) is 13.3 Å². The minimum absolute atomic E-state index is 0. The van der Waals surface area contributed by atoms with Gasteiger partial charge in [-0.25, -0.2) is 0 Å². The zero-order valence-electron chi connectivity index (χ0n) is 19.9. The molecule has 1 atom stereocenters. The first-order valence-corrected chi connectivity index (χ1v) is 13.7. The van der Waals surface area contributed by atoms with Gasteiger partial charge in [-0.3, -0.25) is 0 Å². The molecule has 0 spiro atoms. The van der Waals surface area contributed by atoms with Crippen molar-refractivity contribution in [1.29, 1.82) is 0 Å². The molecule has 1 unspecified atom stereocenters. The van der Waals surface area contributed by atoms with Gasteiger partial charge >= 0.3 is 8.80 Å². The largest absolute Gasteiger partial charge is 0.497 e. The Hall–Kier alpha value is 0.347. The highest BCUT2D eigenvalue weighted by atomic mass is 35.5. The SMILES string of the molecule is CCCCCCCCCCCCCCC(C)O[Si](C)(OC)OC.CCCN.Cl. The lowest BCUT2D eigenvalue weighted by Crippen LogP contribution is -2.42. The van der Waals surface area contributed by atoms with Crippen LogP contribution in [0, 0.1) is 0 Å². The van der Waals surface area contributed by atoms with E-state index in [-0.39, 0.29) is 18.5 Å². The molecule has 0 saturated heterocycles. The second-order valence-corrected chi connectivity index (χ2v) is 10.4. The van der Waals surface area contributed by atoms with E-state index in [1.54, 1.807) is 14.2 Å². The van der Waals surface area contributed by atoms with E-state index in [0.717, 1.165) is 19.4 Å². The highest BCUT2D eigenvalue weighted by Gasteiger charge is 2.33. The first-order valence-electron chi connectivity index (χ1n) is 11.5. The lowest BCUT2D eigenvalue weighted by molar-refractivity contribution is 0.0641. The molecule has 2 N–H and O–H groups in total. The molecule has 6 heteroatoms. The van der Waals surface area contributed by atoms with Crippen molar-refractivity contribution < 1.29 is 13.3 Å². The molecule has 0 aromatic heterocycles. The molecule has 174 valence electrons. The van der Waals surface area contributed by atoms with E-state index in [1.165, 1.54) is 77.0 Å². The maximum Gasteiger partial charge on any atom is 0.497 e. The van der Waals surface area contributed by atoms with E-state index in [9.17, 15) is 0 Å². The molecule has 0 rings (SSSR count). The van der Waals surface area contributed by atoms with E-state index < -0.39 is 8.80 Å². The second kappa shape index (κ2) is 25.4. The Balaban J connectivity index is -0.00000113. The number of halogens is 1. The van der Waals surface area contributed by atoms with E-state index >= 15 is 0 Å². The lowest BCUT2D eigenvalue weighted by Gasteiger charge is -2.26. The summed E-state index contributed by atoms with van der Waals surface area (Å²) < 4.78 is 16.7. The van der Waals surface area contributed by atoms with Crippen molar-refractivity contribution in [1.82, 2.24) is 0 Å². The molecule has 4 nitrogen and oxygen atoms in total. The van der Waals surface area contributed by atoms with Gasteiger partial charge in [0.25, 0.3) is 0 Å². The fourth-order valence-corrected chi connectivity index (χ4v) is 4.08. The van der Waals surface area contributed by atoms with Crippen molar-refractivity contribution in [3.63, 3.8) is 0 Å². The Morgan fingerprint density at radius 3 is 1.39 bits per heavy atom. The second-order valence-electron chi connectivity index (χ2n) is 7.67. The average molecular weight is 442 g/mol. The Morgan fingerprint density at radius 2 is 1.07 bits per heavy atom. The average Bonchev–Trinajstić information content (AvgIpc) is 2.68. The number of hydrogen-bond donors (Lipinski definition) is 1. The summed E-state index contributed by atoms with van der Waals surface area (Å²) in [6.07, 6.45) is 19.1. The molecule has 0 aromatic rings. The van der Waals surface area contributed by atoms with Crippen LogP contribution in [0.3, 0.4) is 0 Å².